The van der Waals surface area contributed by atoms with E-state index in [1.54, 1.807) is 11.8 Å². The van der Waals surface area contributed by atoms with E-state index in [-0.39, 0.29) is 11.7 Å². The molecule has 0 aromatic heterocycles. The zero-order valence-corrected chi connectivity index (χ0v) is 10.5. The van der Waals surface area contributed by atoms with E-state index in [9.17, 15) is 4.79 Å². The first-order valence-corrected chi connectivity index (χ1v) is 6.64. The topological polar surface area (TPSA) is 87.7 Å². The van der Waals surface area contributed by atoms with Crippen molar-refractivity contribution in [1.29, 1.82) is 0 Å². The standard InChI is InChI=1S/C10H19N3O2S/c1-7(16-2)3-6-12-9(14)10(4-5-10)8(11)13-15/h7,15H,3-6H2,1-2H3,(H2,11,13)(H,12,14). The second-order valence-corrected chi connectivity index (χ2v) is 5.43. The lowest BCUT2D eigenvalue weighted by Crippen LogP contribution is -2.41. The molecule has 5 nitrogen and oxygen atoms in total. The number of carbonyl (C=O) groups excluding carboxylic acids is 1. The predicted octanol–water partition coefficient (Wildman–Crippen LogP) is 0.771. The smallest absolute Gasteiger partial charge is 0.233 e. The molecular weight excluding hydrogens is 226 g/mol. The fraction of sp³-hybridized carbons (Fsp3) is 0.800. The van der Waals surface area contributed by atoms with Gasteiger partial charge in [0.2, 0.25) is 5.91 Å². The number of amidine groups is 1. The molecule has 1 aliphatic carbocycles. The molecule has 6 heteroatoms. The van der Waals surface area contributed by atoms with E-state index >= 15 is 0 Å². The van der Waals surface area contributed by atoms with E-state index in [1.165, 1.54) is 0 Å². The largest absolute Gasteiger partial charge is 0.409 e. The molecule has 1 aliphatic rings. The molecule has 1 unspecified atom stereocenters. The summed E-state index contributed by atoms with van der Waals surface area (Å²) in [5.41, 5.74) is 4.78. The molecule has 92 valence electrons. The zero-order chi connectivity index (χ0) is 12.2. The predicted molar refractivity (Wildman–Crippen MR) is 65.7 cm³/mol. The number of nitrogens with two attached hydrogens (primary N) is 1. The van der Waals surface area contributed by atoms with Gasteiger partial charge in [-0.1, -0.05) is 12.1 Å². The van der Waals surface area contributed by atoms with Crippen LogP contribution >= 0.6 is 11.8 Å². The normalized spacial score (nSPS) is 20.2. The van der Waals surface area contributed by atoms with Crippen LogP contribution in [0.5, 0.6) is 0 Å². The maximum absolute atomic E-state index is 11.8. The summed E-state index contributed by atoms with van der Waals surface area (Å²) in [5, 5.41) is 14.9. The molecule has 0 aliphatic heterocycles. The second kappa shape index (κ2) is 5.43. The van der Waals surface area contributed by atoms with E-state index in [0.29, 0.717) is 24.6 Å². The van der Waals surface area contributed by atoms with Crippen molar-refractivity contribution in [1.82, 2.24) is 5.32 Å². The van der Waals surface area contributed by atoms with Crippen LogP contribution in [0.4, 0.5) is 0 Å². The molecule has 4 N–H and O–H groups in total. The quantitative estimate of drug-likeness (QED) is 0.279. The lowest BCUT2D eigenvalue weighted by molar-refractivity contribution is -0.124. The minimum atomic E-state index is -0.725. The van der Waals surface area contributed by atoms with Crippen molar-refractivity contribution in [2.75, 3.05) is 12.8 Å². The van der Waals surface area contributed by atoms with Crippen molar-refractivity contribution in [2.45, 2.75) is 31.4 Å². The van der Waals surface area contributed by atoms with Crippen LogP contribution in [0.2, 0.25) is 0 Å². The lowest BCUT2D eigenvalue weighted by atomic mass is 10.1. The van der Waals surface area contributed by atoms with Crippen molar-refractivity contribution >= 4 is 23.5 Å². The van der Waals surface area contributed by atoms with Crippen LogP contribution in [0.3, 0.4) is 0 Å². The van der Waals surface area contributed by atoms with Gasteiger partial charge in [-0.2, -0.15) is 11.8 Å². The summed E-state index contributed by atoms with van der Waals surface area (Å²) in [6.45, 7) is 2.76. The molecule has 1 atom stereocenters. The van der Waals surface area contributed by atoms with Crippen molar-refractivity contribution in [3.8, 4) is 0 Å². The number of rotatable bonds is 6. The molecule has 0 bridgehead atoms. The zero-order valence-electron chi connectivity index (χ0n) is 9.69. The fourth-order valence-corrected chi connectivity index (χ4v) is 1.85. The third kappa shape index (κ3) is 2.81. The highest BCUT2D eigenvalue weighted by Crippen LogP contribution is 2.45. The monoisotopic (exact) mass is 245 g/mol. The Morgan fingerprint density at radius 2 is 2.31 bits per heavy atom. The molecule has 0 aromatic carbocycles. The highest BCUT2D eigenvalue weighted by atomic mass is 32.2. The van der Waals surface area contributed by atoms with Crippen LogP contribution in [0, 0.1) is 5.41 Å². The Kier molecular flexibility index (Phi) is 4.46. The van der Waals surface area contributed by atoms with E-state index in [0.717, 1.165) is 6.42 Å². The van der Waals surface area contributed by atoms with Crippen molar-refractivity contribution in [2.24, 2.45) is 16.3 Å². The Balaban J connectivity index is 2.36. The van der Waals surface area contributed by atoms with E-state index in [4.69, 9.17) is 10.9 Å². The van der Waals surface area contributed by atoms with Gasteiger partial charge in [0.25, 0.3) is 0 Å². The summed E-state index contributed by atoms with van der Waals surface area (Å²) in [6, 6.07) is 0. The summed E-state index contributed by atoms with van der Waals surface area (Å²) < 4.78 is 0. The summed E-state index contributed by atoms with van der Waals surface area (Å²) >= 11 is 1.77. The Morgan fingerprint density at radius 1 is 1.69 bits per heavy atom. The van der Waals surface area contributed by atoms with Crippen LogP contribution in [0.25, 0.3) is 0 Å². The Labute approximate surface area is 99.8 Å². The van der Waals surface area contributed by atoms with Gasteiger partial charge in [0.15, 0.2) is 5.84 Å². The molecule has 0 saturated heterocycles. The summed E-state index contributed by atoms with van der Waals surface area (Å²) in [7, 11) is 0. The molecule has 16 heavy (non-hydrogen) atoms. The average molecular weight is 245 g/mol. The highest BCUT2D eigenvalue weighted by Gasteiger charge is 2.54. The molecule has 1 fully saturated rings. The number of carbonyl (C=O) groups is 1. The molecule has 0 aromatic rings. The summed E-state index contributed by atoms with van der Waals surface area (Å²) in [4.78, 5) is 11.8. The number of nitrogens with zero attached hydrogens (tertiary/aromatic N) is 1. The number of hydrogen-bond acceptors (Lipinski definition) is 4. The first-order valence-electron chi connectivity index (χ1n) is 5.36. The third-order valence-corrected chi connectivity index (χ3v) is 4.06. The Morgan fingerprint density at radius 3 is 2.75 bits per heavy atom. The molecule has 1 saturated carbocycles. The van der Waals surface area contributed by atoms with E-state index in [1.807, 2.05) is 6.26 Å². The van der Waals surface area contributed by atoms with E-state index in [2.05, 4.69) is 17.4 Å². The fourth-order valence-electron chi connectivity index (χ4n) is 1.50. The molecular formula is C10H19N3O2S. The van der Waals surface area contributed by atoms with E-state index < -0.39 is 5.41 Å². The van der Waals surface area contributed by atoms with Crippen LogP contribution in [0.1, 0.15) is 26.2 Å². The summed E-state index contributed by atoms with van der Waals surface area (Å²) in [5.74, 6) is -0.0842. The number of hydrogen-bond donors (Lipinski definition) is 3. The SMILES string of the molecule is CSC(C)CCNC(=O)C1(C(N)=NO)CC1. The van der Waals surface area contributed by atoms with Crippen LogP contribution in [-0.4, -0.2) is 35.0 Å². The molecule has 0 heterocycles. The van der Waals surface area contributed by atoms with Crippen LogP contribution in [0.15, 0.2) is 5.16 Å². The molecule has 0 radical (unpaired) electrons. The first-order chi connectivity index (χ1) is 7.56. The first kappa shape index (κ1) is 13.2. The maximum Gasteiger partial charge on any atom is 0.233 e. The van der Waals surface area contributed by atoms with Crippen molar-refractivity contribution in [3.05, 3.63) is 0 Å². The van der Waals surface area contributed by atoms with Gasteiger partial charge in [-0.05, 0) is 25.5 Å². The van der Waals surface area contributed by atoms with Gasteiger partial charge < -0.3 is 16.3 Å². The molecule has 1 rings (SSSR count). The third-order valence-electron chi connectivity index (χ3n) is 3.02. The van der Waals surface area contributed by atoms with Gasteiger partial charge in [-0.25, -0.2) is 0 Å². The molecule has 1 amide bonds. The lowest BCUT2D eigenvalue weighted by Gasteiger charge is -2.14. The number of amides is 1. The second-order valence-electron chi connectivity index (χ2n) is 4.16. The molecule has 0 spiro atoms. The van der Waals surface area contributed by atoms with Crippen molar-refractivity contribution < 1.29 is 10.0 Å². The highest BCUT2D eigenvalue weighted by molar-refractivity contribution is 7.99. The van der Waals surface area contributed by atoms with Gasteiger partial charge in [0.1, 0.15) is 5.41 Å². The van der Waals surface area contributed by atoms with Gasteiger partial charge in [0, 0.05) is 11.8 Å². The minimum absolute atomic E-state index is 0.0305. The van der Waals surface area contributed by atoms with Gasteiger partial charge >= 0.3 is 0 Å². The summed E-state index contributed by atoms with van der Waals surface area (Å²) in [6.07, 6.45) is 4.32. The average Bonchev–Trinajstić information content (AvgIpc) is 3.08. The van der Waals surface area contributed by atoms with Gasteiger partial charge in [0.05, 0.1) is 0 Å². The van der Waals surface area contributed by atoms with Gasteiger partial charge in [-0.15, -0.1) is 0 Å². The number of thioether (sulfide) groups is 1. The van der Waals surface area contributed by atoms with Crippen LogP contribution < -0.4 is 11.1 Å². The Bertz CT molecular complexity index is 290. The number of nitrogens with one attached hydrogen (secondary N) is 1. The Hall–Kier alpha value is -0.910. The maximum atomic E-state index is 11.8. The van der Waals surface area contributed by atoms with Gasteiger partial charge in [-0.3, -0.25) is 4.79 Å². The van der Waals surface area contributed by atoms with Crippen molar-refractivity contribution in [3.63, 3.8) is 0 Å². The minimum Gasteiger partial charge on any atom is -0.409 e. The number of oxime groups is 1. The van der Waals surface area contributed by atoms with Crippen LogP contribution in [-0.2, 0) is 4.79 Å².